The van der Waals surface area contributed by atoms with Crippen molar-refractivity contribution < 1.29 is 29.0 Å². The number of hydrogen-bond acceptors (Lipinski definition) is 5. The van der Waals surface area contributed by atoms with Crippen LogP contribution in [0, 0.1) is 0 Å². The number of nitrogens with one attached hydrogen (secondary N) is 1. The minimum atomic E-state index is -1.19. The number of aliphatic carboxylic acids is 1. The van der Waals surface area contributed by atoms with Gasteiger partial charge in [-0.05, 0) is 34.2 Å². The van der Waals surface area contributed by atoms with Crippen LogP contribution < -0.4 is 5.32 Å². The summed E-state index contributed by atoms with van der Waals surface area (Å²) < 4.78 is 10.7. The minimum absolute atomic E-state index is 0.0574. The molecule has 8 heteroatoms. The second-order valence-corrected chi connectivity index (χ2v) is 9.00. The molecule has 38 heavy (non-hydrogen) atoms. The van der Waals surface area contributed by atoms with Gasteiger partial charge >= 0.3 is 18.2 Å². The number of amides is 2. The van der Waals surface area contributed by atoms with Crippen molar-refractivity contribution in [1.82, 2.24) is 10.2 Å². The number of carbonyl (C=O) groups excluding carboxylic acids is 2. The van der Waals surface area contributed by atoms with Crippen LogP contribution in [-0.2, 0) is 20.7 Å². The van der Waals surface area contributed by atoms with E-state index in [1.165, 1.54) is 6.08 Å². The first-order chi connectivity index (χ1) is 18.5. The topological polar surface area (TPSA) is 105 Å². The van der Waals surface area contributed by atoms with Gasteiger partial charge < -0.3 is 19.9 Å². The first-order valence-electron chi connectivity index (χ1n) is 12.4. The van der Waals surface area contributed by atoms with Gasteiger partial charge in [-0.25, -0.2) is 9.59 Å². The standard InChI is InChI=1S/C30H30N2O6/c1-2-16-37-30(36)32(19-28(33)34)18-22(17-21-10-4-3-5-11-21)31-29(35)38-20-27-25-14-8-6-12-23(25)24-13-7-9-15-26(24)27/h2-15,22,27H,1,16-20H2,(H,31,35)(H,33,34)/t22-/m0/s1. The van der Waals surface area contributed by atoms with Crippen LogP contribution >= 0.6 is 0 Å². The van der Waals surface area contributed by atoms with E-state index < -0.39 is 30.7 Å². The summed E-state index contributed by atoms with van der Waals surface area (Å²) in [6.45, 7) is 2.93. The molecule has 3 aromatic rings. The van der Waals surface area contributed by atoms with E-state index in [1.807, 2.05) is 66.7 Å². The predicted molar refractivity (Wildman–Crippen MR) is 143 cm³/mol. The van der Waals surface area contributed by atoms with E-state index in [2.05, 4.69) is 24.0 Å². The lowest BCUT2D eigenvalue weighted by Gasteiger charge is -2.26. The van der Waals surface area contributed by atoms with E-state index in [0.717, 1.165) is 32.7 Å². The number of alkyl carbamates (subject to hydrolysis) is 1. The lowest BCUT2D eigenvalue weighted by molar-refractivity contribution is -0.138. The average Bonchev–Trinajstić information content (AvgIpc) is 3.24. The van der Waals surface area contributed by atoms with Crippen molar-refractivity contribution in [3.05, 3.63) is 108 Å². The maximum atomic E-state index is 13.0. The Hall–Kier alpha value is -4.59. The molecule has 0 bridgehead atoms. The number of nitrogens with zero attached hydrogens (tertiary/aromatic N) is 1. The van der Waals surface area contributed by atoms with E-state index in [0.29, 0.717) is 6.42 Å². The van der Waals surface area contributed by atoms with Gasteiger partial charge in [0.1, 0.15) is 19.8 Å². The number of carboxylic acid groups (broad SMARTS) is 1. The molecule has 0 unspecified atom stereocenters. The third-order valence-corrected chi connectivity index (χ3v) is 6.34. The molecule has 1 aliphatic carbocycles. The van der Waals surface area contributed by atoms with Gasteiger partial charge in [-0.15, -0.1) is 0 Å². The van der Waals surface area contributed by atoms with Crippen LogP contribution in [-0.4, -0.2) is 60.5 Å². The van der Waals surface area contributed by atoms with Crippen LogP contribution in [0.3, 0.4) is 0 Å². The Labute approximate surface area is 221 Å². The largest absolute Gasteiger partial charge is 0.480 e. The highest BCUT2D eigenvalue weighted by atomic mass is 16.6. The molecule has 0 saturated heterocycles. The highest BCUT2D eigenvalue weighted by Crippen LogP contribution is 2.44. The van der Waals surface area contributed by atoms with Gasteiger partial charge in [-0.2, -0.15) is 0 Å². The molecule has 0 aromatic heterocycles. The van der Waals surface area contributed by atoms with Crippen molar-refractivity contribution in [2.75, 3.05) is 26.3 Å². The number of hydrogen-bond donors (Lipinski definition) is 2. The first-order valence-corrected chi connectivity index (χ1v) is 12.4. The van der Waals surface area contributed by atoms with E-state index in [-0.39, 0.29) is 25.7 Å². The summed E-state index contributed by atoms with van der Waals surface area (Å²) >= 11 is 0. The quantitative estimate of drug-likeness (QED) is 0.355. The Morgan fingerprint density at radius 3 is 2.13 bits per heavy atom. The van der Waals surface area contributed by atoms with Crippen LogP contribution in [0.15, 0.2) is 91.5 Å². The summed E-state index contributed by atoms with van der Waals surface area (Å²) in [5.74, 6) is -1.29. The van der Waals surface area contributed by atoms with Crippen molar-refractivity contribution >= 4 is 18.2 Å². The lowest BCUT2D eigenvalue weighted by Crippen LogP contribution is -2.48. The second kappa shape index (κ2) is 12.6. The number of carbonyl (C=O) groups is 3. The summed E-state index contributed by atoms with van der Waals surface area (Å²) in [5.41, 5.74) is 5.36. The third kappa shape index (κ3) is 6.59. The second-order valence-electron chi connectivity index (χ2n) is 9.00. The average molecular weight is 515 g/mol. The maximum Gasteiger partial charge on any atom is 0.410 e. The Balaban J connectivity index is 1.47. The van der Waals surface area contributed by atoms with Gasteiger partial charge in [0, 0.05) is 12.5 Å². The fourth-order valence-corrected chi connectivity index (χ4v) is 4.72. The van der Waals surface area contributed by atoms with E-state index in [9.17, 15) is 19.5 Å². The third-order valence-electron chi connectivity index (χ3n) is 6.34. The normalized spacial score (nSPS) is 12.5. The molecule has 4 rings (SSSR count). The summed E-state index contributed by atoms with van der Waals surface area (Å²) in [7, 11) is 0. The van der Waals surface area contributed by atoms with Crippen molar-refractivity contribution in [2.24, 2.45) is 0 Å². The first kappa shape index (κ1) is 26.5. The van der Waals surface area contributed by atoms with Gasteiger partial charge in [-0.3, -0.25) is 9.69 Å². The van der Waals surface area contributed by atoms with E-state index in [4.69, 9.17) is 9.47 Å². The fourth-order valence-electron chi connectivity index (χ4n) is 4.72. The van der Waals surface area contributed by atoms with Crippen LogP contribution in [0.2, 0.25) is 0 Å². The monoisotopic (exact) mass is 514 g/mol. The molecule has 2 amide bonds. The zero-order valence-corrected chi connectivity index (χ0v) is 20.9. The van der Waals surface area contributed by atoms with Gasteiger partial charge in [0.2, 0.25) is 0 Å². The predicted octanol–water partition coefficient (Wildman–Crippen LogP) is 4.85. The van der Waals surface area contributed by atoms with Crippen LogP contribution in [0.5, 0.6) is 0 Å². The summed E-state index contributed by atoms with van der Waals surface area (Å²) in [6, 6.07) is 24.9. The molecule has 3 aromatic carbocycles. The lowest BCUT2D eigenvalue weighted by atomic mass is 9.98. The molecular formula is C30H30N2O6. The number of benzene rings is 3. The van der Waals surface area contributed by atoms with Crippen molar-refractivity contribution in [1.29, 1.82) is 0 Å². The molecular weight excluding hydrogens is 484 g/mol. The number of rotatable bonds is 11. The van der Waals surface area contributed by atoms with E-state index in [1.54, 1.807) is 0 Å². The summed E-state index contributed by atoms with van der Waals surface area (Å²) in [5, 5.41) is 12.2. The molecule has 2 N–H and O–H groups in total. The van der Waals surface area contributed by atoms with Gasteiger partial charge in [-0.1, -0.05) is 91.5 Å². The van der Waals surface area contributed by atoms with Crippen LogP contribution in [0.4, 0.5) is 9.59 Å². The molecule has 0 radical (unpaired) electrons. The number of fused-ring (bicyclic) bond motifs is 3. The molecule has 0 fully saturated rings. The Morgan fingerprint density at radius 1 is 0.921 bits per heavy atom. The SMILES string of the molecule is C=CCOC(=O)N(CC(=O)O)C[C@H](Cc1ccccc1)NC(=O)OCC1c2ccccc2-c2ccccc21. The highest BCUT2D eigenvalue weighted by molar-refractivity contribution is 5.79. The zero-order valence-electron chi connectivity index (χ0n) is 20.9. The molecule has 8 nitrogen and oxygen atoms in total. The molecule has 0 aliphatic heterocycles. The smallest absolute Gasteiger partial charge is 0.410 e. The van der Waals surface area contributed by atoms with Crippen LogP contribution in [0.25, 0.3) is 11.1 Å². The van der Waals surface area contributed by atoms with Gasteiger partial charge in [0.25, 0.3) is 0 Å². The molecule has 196 valence electrons. The highest BCUT2D eigenvalue weighted by Gasteiger charge is 2.30. The summed E-state index contributed by atoms with van der Waals surface area (Å²) in [4.78, 5) is 37.9. The van der Waals surface area contributed by atoms with Gasteiger partial charge in [0.05, 0.1) is 6.04 Å². The fraction of sp³-hybridized carbons (Fsp3) is 0.233. The maximum absolute atomic E-state index is 13.0. The Bertz CT molecular complexity index is 1250. The van der Waals surface area contributed by atoms with Gasteiger partial charge in [0.15, 0.2) is 0 Å². The van der Waals surface area contributed by atoms with Crippen LogP contribution in [0.1, 0.15) is 22.6 Å². The number of carboxylic acids is 1. The Morgan fingerprint density at radius 2 is 1.53 bits per heavy atom. The molecule has 1 aliphatic rings. The Kier molecular flexibility index (Phi) is 8.77. The van der Waals surface area contributed by atoms with Crippen molar-refractivity contribution in [3.63, 3.8) is 0 Å². The van der Waals surface area contributed by atoms with E-state index >= 15 is 0 Å². The molecule has 0 saturated carbocycles. The molecule has 0 heterocycles. The van der Waals surface area contributed by atoms with Crippen molar-refractivity contribution in [3.8, 4) is 11.1 Å². The van der Waals surface area contributed by atoms with Crippen molar-refractivity contribution in [2.45, 2.75) is 18.4 Å². The summed E-state index contributed by atoms with van der Waals surface area (Å²) in [6.07, 6.45) is 0.297. The zero-order chi connectivity index (χ0) is 26.9. The number of ether oxygens (including phenoxy) is 2. The molecule has 0 spiro atoms. The minimum Gasteiger partial charge on any atom is -0.480 e. The molecule has 1 atom stereocenters.